The first-order valence-electron chi connectivity index (χ1n) is 4.72. The van der Waals surface area contributed by atoms with Gasteiger partial charge >= 0.3 is 0 Å². The summed E-state index contributed by atoms with van der Waals surface area (Å²) >= 11 is 0. The highest BCUT2D eigenvalue weighted by molar-refractivity contribution is 7.91. The molecule has 2 N–H and O–H groups in total. The Morgan fingerprint density at radius 2 is 2.27 bits per heavy atom. The van der Waals surface area contributed by atoms with Gasteiger partial charge in [-0.05, 0) is 19.9 Å². The number of nitrogens with zero attached hydrogens (tertiary/aromatic N) is 3. The number of aryl methyl sites for hydroxylation is 1. The van der Waals surface area contributed by atoms with E-state index in [9.17, 15) is 8.42 Å². The SMILES string of the molecule is CC(CCN)S(=O)(=O)Cc1cn(C)nn1. The average Bonchev–Trinajstić information content (AvgIpc) is 2.50. The molecule has 0 aliphatic heterocycles. The summed E-state index contributed by atoms with van der Waals surface area (Å²) in [5, 5.41) is 7.00. The van der Waals surface area contributed by atoms with Crippen LogP contribution in [0.25, 0.3) is 0 Å². The Morgan fingerprint density at radius 1 is 1.60 bits per heavy atom. The van der Waals surface area contributed by atoms with Crippen molar-refractivity contribution in [2.75, 3.05) is 6.54 Å². The zero-order valence-corrected chi connectivity index (χ0v) is 9.74. The number of hydrogen-bond donors (Lipinski definition) is 1. The minimum atomic E-state index is -3.16. The number of rotatable bonds is 5. The Morgan fingerprint density at radius 3 is 2.73 bits per heavy atom. The lowest BCUT2D eigenvalue weighted by molar-refractivity contribution is 0.576. The predicted molar refractivity (Wildman–Crippen MR) is 56.8 cm³/mol. The monoisotopic (exact) mass is 232 g/mol. The normalized spacial score (nSPS) is 14.1. The van der Waals surface area contributed by atoms with Gasteiger partial charge in [-0.3, -0.25) is 4.68 Å². The molecule has 0 saturated heterocycles. The van der Waals surface area contributed by atoms with Crippen LogP contribution in [-0.4, -0.2) is 35.2 Å². The highest BCUT2D eigenvalue weighted by Gasteiger charge is 2.21. The van der Waals surface area contributed by atoms with Gasteiger partial charge in [0.25, 0.3) is 0 Å². The van der Waals surface area contributed by atoms with E-state index < -0.39 is 15.1 Å². The Labute approximate surface area is 89.4 Å². The Bertz CT molecular complexity index is 412. The summed E-state index contributed by atoms with van der Waals surface area (Å²) in [5.41, 5.74) is 5.80. The van der Waals surface area contributed by atoms with Gasteiger partial charge in [-0.1, -0.05) is 5.21 Å². The Kier molecular flexibility index (Phi) is 3.81. The topological polar surface area (TPSA) is 90.9 Å². The minimum Gasteiger partial charge on any atom is -0.330 e. The van der Waals surface area contributed by atoms with E-state index in [1.165, 1.54) is 4.68 Å². The third-order valence-electron chi connectivity index (χ3n) is 2.19. The van der Waals surface area contributed by atoms with E-state index in [-0.39, 0.29) is 5.75 Å². The second-order valence-electron chi connectivity index (χ2n) is 3.58. The molecule has 1 heterocycles. The summed E-state index contributed by atoms with van der Waals surface area (Å²) < 4.78 is 25.0. The van der Waals surface area contributed by atoms with E-state index in [1.807, 2.05) is 0 Å². The lowest BCUT2D eigenvalue weighted by Gasteiger charge is -2.09. The van der Waals surface area contributed by atoms with Crippen LogP contribution in [0.3, 0.4) is 0 Å². The maximum Gasteiger partial charge on any atom is 0.158 e. The number of hydrogen-bond acceptors (Lipinski definition) is 5. The molecule has 0 radical (unpaired) electrons. The number of aromatic nitrogens is 3. The molecule has 0 amide bonds. The lowest BCUT2D eigenvalue weighted by Crippen LogP contribution is -2.22. The first-order valence-corrected chi connectivity index (χ1v) is 6.44. The molecule has 1 aromatic heterocycles. The van der Waals surface area contributed by atoms with E-state index in [1.54, 1.807) is 20.2 Å². The zero-order valence-electron chi connectivity index (χ0n) is 8.92. The maximum atomic E-state index is 11.8. The van der Waals surface area contributed by atoms with E-state index in [0.29, 0.717) is 18.7 Å². The van der Waals surface area contributed by atoms with Gasteiger partial charge in [0.1, 0.15) is 0 Å². The van der Waals surface area contributed by atoms with Crippen molar-refractivity contribution in [2.45, 2.75) is 24.3 Å². The van der Waals surface area contributed by atoms with Crippen molar-refractivity contribution in [1.82, 2.24) is 15.0 Å². The highest BCUT2D eigenvalue weighted by atomic mass is 32.2. The maximum absolute atomic E-state index is 11.8. The predicted octanol–water partition coefficient (Wildman–Crippen LogP) is -0.533. The molecule has 1 rings (SSSR count). The fourth-order valence-corrected chi connectivity index (χ4v) is 2.55. The Hall–Kier alpha value is -0.950. The second-order valence-corrected chi connectivity index (χ2v) is 6.00. The molecule has 1 aromatic rings. The van der Waals surface area contributed by atoms with Crippen LogP contribution in [0.1, 0.15) is 19.0 Å². The fourth-order valence-electron chi connectivity index (χ4n) is 1.22. The van der Waals surface area contributed by atoms with Gasteiger partial charge in [-0.25, -0.2) is 8.42 Å². The van der Waals surface area contributed by atoms with Crippen LogP contribution in [-0.2, 0) is 22.6 Å². The molecule has 0 spiro atoms. The van der Waals surface area contributed by atoms with E-state index >= 15 is 0 Å². The van der Waals surface area contributed by atoms with Crippen LogP contribution in [0.15, 0.2) is 6.20 Å². The number of sulfone groups is 1. The van der Waals surface area contributed by atoms with Crippen molar-refractivity contribution in [2.24, 2.45) is 12.8 Å². The van der Waals surface area contributed by atoms with E-state index in [2.05, 4.69) is 10.3 Å². The molecule has 0 aliphatic rings. The third-order valence-corrected chi connectivity index (χ3v) is 4.35. The summed E-state index contributed by atoms with van der Waals surface area (Å²) in [4.78, 5) is 0. The largest absolute Gasteiger partial charge is 0.330 e. The molecular formula is C8H16N4O2S. The van der Waals surface area contributed by atoms with E-state index in [0.717, 1.165) is 0 Å². The van der Waals surface area contributed by atoms with Gasteiger partial charge < -0.3 is 5.73 Å². The van der Waals surface area contributed by atoms with Gasteiger partial charge in [0, 0.05) is 13.2 Å². The molecule has 15 heavy (non-hydrogen) atoms. The summed E-state index contributed by atoms with van der Waals surface area (Å²) in [6, 6.07) is 0. The van der Waals surface area contributed by atoms with Gasteiger partial charge in [0.2, 0.25) is 0 Å². The molecule has 0 bridgehead atoms. The molecule has 6 nitrogen and oxygen atoms in total. The molecule has 1 atom stereocenters. The summed E-state index contributed by atoms with van der Waals surface area (Å²) in [6.07, 6.45) is 2.08. The van der Waals surface area contributed by atoms with E-state index in [4.69, 9.17) is 5.73 Å². The minimum absolute atomic E-state index is 0.0675. The van der Waals surface area contributed by atoms with Crippen LogP contribution in [0.5, 0.6) is 0 Å². The first kappa shape index (κ1) is 12.1. The second kappa shape index (κ2) is 4.71. The van der Waals surface area contributed by atoms with Crippen molar-refractivity contribution in [3.8, 4) is 0 Å². The summed E-state index contributed by atoms with van der Waals surface area (Å²) in [5.74, 6) is -0.0675. The average molecular weight is 232 g/mol. The van der Waals surface area contributed by atoms with Gasteiger partial charge in [0.05, 0.1) is 16.7 Å². The van der Waals surface area contributed by atoms with Gasteiger partial charge in [0.15, 0.2) is 9.84 Å². The molecule has 86 valence electrons. The van der Waals surface area contributed by atoms with Crippen LogP contribution >= 0.6 is 0 Å². The quantitative estimate of drug-likeness (QED) is 0.736. The Balaban J connectivity index is 2.72. The van der Waals surface area contributed by atoms with Crippen LogP contribution in [0.2, 0.25) is 0 Å². The highest BCUT2D eigenvalue weighted by Crippen LogP contribution is 2.10. The zero-order chi connectivity index (χ0) is 11.5. The lowest BCUT2D eigenvalue weighted by atomic mass is 10.3. The fraction of sp³-hybridized carbons (Fsp3) is 0.750. The van der Waals surface area contributed by atoms with Crippen molar-refractivity contribution in [3.63, 3.8) is 0 Å². The van der Waals surface area contributed by atoms with Gasteiger partial charge in [-0.15, -0.1) is 5.10 Å². The molecule has 7 heteroatoms. The smallest absolute Gasteiger partial charge is 0.158 e. The van der Waals surface area contributed by atoms with Crippen LogP contribution in [0.4, 0.5) is 0 Å². The third kappa shape index (κ3) is 3.28. The summed E-state index contributed by atoms with van der Waals surface area (Å²) in [7, 11) is -1.46. The molecule has 0 aromatic carbocycles. The molecule has 0 fully saturated rings. The van der Waals surface area contributed by atoms with Crippen molar-refractivity contribution >= 4 is 9.84 Å². The van der Waals surface area contributed by atoms with Crippen LogP contribution < -0.4 is 5.73 Å². The van der Waals surface area contributed by atoms with Crippen molar-refractivity contribution < 1.29 is 8.42 Å². The summed E-state index contributed by atoms with van der Waals surface area (Å²) in [6.45, 7) is 2.04. The van der Waals surface area contributed by atoms with Gasteiger partial charge in [-0.2, -0.15) is 0 Å². The molecule has 0 aliphatic carbocycles. The van der Waals surface area contributed by atoms with Crippen LogP contribution in [0, 0.1) is 0 Å². The molecule has 1 unspecified atom stereocenters. The number of nitrogens with two attached hydrogens (primary N) is 1. The van der Waals surface area contributed by atoms with Crippen molar-refractivity contribution in [3.05, 3.63) is 11.9 Å². The molecular weight excluding hydrogens is 216 g/mol. The first-order chi connectivity index (χ1) is 6.95. The van der Waals surface area contributed by atoms with Crippen molar-refractivity contribution in [1.29, 1.82) is 0 Å². The standard InChI is InChI=1S/C8H16N4O2S/c1-7(3-4-9)15(13,14)6-8-5-12(2)11-10-8/h5,7H,3-4,6,9H2,1-2H3. The molecule has 0 saturated carbocycles.